The predicted octanol–water partition coefficient (Wildman–Crippen LogP) is 2.52. The first-order valence-corrected chi connectivity index (χ1v) is 8.58. The lowest BCUT2D eigenvalue weighted by molar-refractivity contribution is 0.393. The molecular formula is C15H25FN2O2S. The van der Waals surface area contributed by atoms with E-state index in [2.05, 4.69) is 5.32 Å². The quantitative estimate of drug-likeness (QED) is 0.841. The predicted molar refractivity (Wildman–Crippen MR) is 83.2 cm³/mol. The smallest absolute Gasteiger partial charge is 0.242 e. The van der Waals surface area contributed by atoms with E-state index in [0.717, 1.165) is 6.42 Å². The Labute approximate surface area is 127 Å². The van der Waals surface area contributed by atoms with E-state index in [0.29, 0.717) is 24.2 Å². The molecule has 0 fully saturated rings. The highest BCUT2D eigenvalue weighted by atomic mass is 32.2. The van der Waals surface area contributed by atoms with Gasteiger partial charge in [-0.2, -0.15) is 0 Å². The fourth-order valence-electron chi connectivity index (χ4n) is 2.12. The van der Waals surface area contributed by atoms with Crippen molar-refractivity contribution in [2.45, 2.75) is 38.6 Å². The van der Waals surface area contributed by atoms with E-state index < -0.39 is 10.0 Å². The topological polar surface area (TPSA) is 49.4 Å². The van der Waals surface area contributed by atoms with Crippen LogP contribution in [0.2, 0.25) is 0 Å². The summed E-state index contributed by atoms with van der Waals surface area (Å²) in [5.74, 6) is -0.0732. The normalized spacial score (nSPS) is 13.7. The first kappa shape index (κ1) is 18.1. The van der Waals surface area contributed by atoms with E-state index >= 15 is 0 Å². The monoisotopic (exact) mass is 316 g/mol. The van der Waals surface area contributed by atoms with E-state index in [-0.39, 0.29) is 16.6 Å². The summed E-state index contributed by atoms with van der Waals surface area (Å²) in [7, 11) is -0.319. The second kappa shape index (κ2) is 7.33. The van der Waals surface area contributed by atoms with Crippen molar-refractivity contribution in [1.82, 2.24) is 9.62 Å². The molecule has 1 N–H and O–H groups in total. The Kier molecular flexibility index (Phi) is 6.31. The van der Waals surface area contributed by atoms with Gasteiger partial charge in [-0.3, -0.25) is 0 Å². The third-order valence-electron chi connectivity index (χ3n) is 3.64. The molecule has 0 aromatic heterocycles. The summed E-state index contributed by atoms with van der Waals surface area (Å²) in [5, 5.41) is 2.85. The van der Waals surface area contributed by atoms with Gasteiger partial charge in [0.15, 0.2) is 0 Å². The molecule has 1 unspecified atom stereocenters. The van der Waals surface area contributed by atoms with Crippen molar-refractivity contribution >= 4 is 10.0 Å². The first-order valence-electron chi connectivity index (χ1n) is 7.14. The Morgan fingerprint density at radius 3 is 2.52 bits per heavy atom. The average molecular weight is 316 g/mol. The Hall–Kier alpha value is -0.980. The maximum Gasteiger partial charge on any atom is 0.242 e. The second-order valence-corrected chi connectivity index (χ2v) is 7.59. The van der Waals surface area contributed by atoms with Crippen LogP contribution in [-0.2, 0) is 16.6 Å². The number of nitrogens with zero attached hydrogens (tertiary/aromatic N) is 1. The molecule has 0 aliphatic carbocycles. The lowest BCUT2D eigenvalue weighted by atomic mass is 10.1. The van der Waals surface area contributed by atoms with Crippen LogP contribution >= 0.6 is 0 Å². The lowest BCUT2D eigenvalue weighted by Gasteiger charge is -2.21. The van der Waals surface area contributed by atoms with Crippen molar-refractivity contribution in [3.63, 3.8) is 0 Å². The van der Waals surface area contributed by atoms with Gasteiger partial charge in [0.1, 0.15) is 5.82 Å². The van der Waals surface area contributed by atoms with Gasteiger partial charge in [-0.05, 0) is 37.6 Å². The molecule has 0 aliphatic heterocycles. The maximum absolute atomic E-state index is 14.0. The SMILES string of the molecule is CCC(C)CN(C)S(=O)(=O)c1cc(C)c(F)c(CNC)c1. The van der Waals surface area contributed by atoms with Crippen molar-refractivity contribution in [2.24, 2.45) is 5.92 Å². The molecule has 0 saturated carbocycles. The van der Waals surface area contributed by atoms with Crippen LogP contribution in [0.3, 0.4) is 0 Å². The van der Waals surface area contributed by atoms with Crippen LogP contribution in [0.1, 0.15) is 31.4 Å². The Morgan fingerprint density at radius 1 is 1.38 bits per heavy atom. The summed E-state index contributed by atoms with van der Waals surface area (Å²) in [6.45, 7) is 6.37. The highest BCUT2D eigenvalue weighted by molar-refractivity contribution is 7.89. The zero-order valence-corrected chi connectivity index (χ0v) is 14.2. The van der Waals surface area contributed by atoms with E-state index in [1.165, 1.54) is 16.4 Å². The summed E-state index contributed by atoms with van der Waals surface area (Å²) in [5.41, 5.74) is 0.714. The summed E-state index contributed by atoms with van der Waals surface area (Å²) >= 11 is 0. The minimum Gasteiger partial charge on any atom is -0.316 e. The zero-order chi connectivity index (χ0) is 16.2. The van der Waals surface area contributed by atoms with Crippen LogP contribution in [-0.4, -0.2) is 33.4 Å². The molecule has 120 valence electrons. The molecule has 0 bridgehead atoms. The van der Waals surface area contributed by atoms with Gasteiger partial charge in [0.05, 0.1) is 4.90 Å². The lowest BCUT2D eigenvalue weighted by Crippen LogP contribution is -2.31. The number of sulfonamides is 1. The largest absolute Gasteiger partial charge is 0.316 e. The summed E-state index contributed by atoms with van der Waals surface area (Å²) < 4.78 is 40.5. The Bertz CT molecular complexity index is 588. The van der Waals surface area contributed by atoms with Crippen molar-refractivity contribution in [2.75, 3.05) is 20.6 Å². The molecular weight excluding hydrogens is 291 g/mol. The number of hydrogen-bond acceptors (Lipinski definition) is 3. The van der Waals surface area contributed by atoms with E-state index in [1.54, 1.807) is 21.0 Å². The van der Waals surface area contributed by atoms with E-state index in [9.17, 15) is 12.8 Å². The van der Waals surface area contributed by atoms with Crippen molar-refractivity contribution in [3.05, 3.63) is 29.1 Å². The van der Waals surface area contributed by atoms with Crippen LogP contribution in [0.25, 0.3) is 0 Å². The minimum absolute atomic E-state index is 0.150. The third-order valence-corrected chi connectivity index (χ3v) is 5.45. The molecule has 1 atom stereocenters. The fourth-order valence-corrected chi connectivity index (χ4v) is 3.55. The molecule has 0 spiro atoms. The standard InChI is InChI=1S/C15H25FN2O2S/c1-6-11(2)10-18(5)21(19,20)14-7-12(3)15(16)13(8-14)9-17-4/h7-8,11,17H,6,9-10H2,1-5H3. The summed E-state index contributed by atoms with van der Waals surface area (Å²) in [4.78, 5) is 0.150. The number of aryl methyl sites for hydroxylation is 1. The molecule has 0 saturated heterocycles. The average Bonchev–Trinajstić information content (AvgIpc) is 2.43. The van der Waals surface area contributed by atoms with Gasteiger partial charge < -0.3 is 5.32 Å². The van der Waals surface area contributed by atoms with Gasteiger partial charge in [0.25, 0.3) is 0 Å². The van der Waals surface area contributed by atoms with Crippen LogP contribution in [0.15, 0.2) is 17.0 Å². The van der Waals surface area contributed by atoms with Crippen LogP contribution in [0.4, 0.5) is 4.39 Å². The van der Waals surface area contributed by atoms with Gasteiger partial charge in [0, 0.05) is 25.7 Å². The second-order valence-electron chi connectivity index (χ2n) is 5.54. The number of hydrogen-bond donors (Lipinski definition) is 1. The number of benzene rings is 1. The number of nitrogens with one attached hydrogen (secondary N) is 1. The zero-order valence-electron chi connectivity index (χ0n) is 13.4. The van der Waals surface area contributed by atoms with Crippen LogP contribution < -0.4 is 5.32 Å². The van der Waals surface area contributed by atoms with Crippen molar-refractivity contribution < 1.29 is 12.8 Å². The van der Waals surface area contributed by atoms with E-state index in [1.807, 2.05) is 13.8 Å². The van der Waals surface area contributed by atoms with Crippen molar-refractivity contribution in [1.29, 1.82) is 0 Å². The molecule has 1 aromatic carbocycles. The molecule has 0 heterocycles. The summed E-state index contributed by atoms with van der Waals surface area (Å²) in [6.07, 6.45) is 0.910. The van der Waals surface area contributed by atoms with Crippen molar-refractivity contribution in [3.8, 4) is 0 Å². The van der Waals surface area contributed by atoms with E-state index in [4.69, 9.17) is 0 Å². The molecule has 6 heteroatoms. The molecule has 0 radical (unpaired) electrons. The van der Waals surface area contributed by atoms with Crippen LogP contribution in [0.5, 0.6) is 0 Å². The highest BCUT2D eigenvalue weighted by Gasteiger charge is 2.24. The molecule has 4 nitrogen and oxygen atoms in total. The summed E-state index contributed by atoms with van der Waals surface area (Å²) in [6, 6.07) is 2.82. The number of halogens is 1. The maximum atomic E-state index is 14.0. The minimum atomic E-state index is -3.59. The Balaban J connectivity index is 3.19. The molecule has 1 rings (SSSR count). The first-order chi connectivity index (χ1) is 9.73. The van der Waals surface area contributed by atoms with Gasteiger partial charge >= 0.3 is 0 Å². The molecule has 1 aromatic rings. The van der Waals surface area contributed by atoms with Gasteiger partial charge in [-0.1, -0.05) is 20.3 Å². The highest BCUT2D eigenvalue weighted by Crippen LogP contribution is 2.22. The van der Waals surface area contributed by atoms with Gasteiger partial charge in [0.2, 0.25) is 10.0 Å². The fraction of sp³-hybridized carbons (Fsp3) is 0.600. The number of rotatable bonds is 7. The Morgan fingerprint density at radius 2 is 2.00 bits per heavy atom. The van der Waals surface area contributed by atoms with Gasteiger partial charge in [-0.15, -0.1) is 0 Å². The molecule has 0 aliphatic rings. The van der Waals surface area contributed by atoms with Crippen LogP contribution in [0, 0.1) is 18.7 Å². The molecule has 21 heavy (non-hydrogen) atoms. The van der Waals surface area contributed by atoms with Gasteiger partial charge in [-0.25, -0.2) is 17.1 Å². The molecule has 0 amide bonds. The third kappa shape index (κ3) is 4.25.